The summed E-state index contributed by atoms with van der Waals surface area (Å²) in [7, 11) is 2.09. The van der Waals surface area contributed by atoms with Gasteiger partial charge in [-0.3, -0.25) is 4.79 Å². The van der Waals surface area contributed by atoms with Crippen LogP contribution < -0.4 is 5.73 Å². The number of nitrogens with zero attached hydrogens (tertiary/aromatic N) is 2. The van der Waals surface area contributed by atoms with Crippen LogP contribution in [0.3, 0.4) is 0 Å². The van der Waals surface area contributed by atoms with Gasteiger partial charge >= 0.3 is 0 Å². The van der Waals surface area contributed by atoms with Crippen LogP contribution in [-0.2, 0) is 11.8 Å². The van der Waals surface area contributed by atoms with Crippen LogP contribution in [0.5, 0.6) is 0 Å². The van der Waals surface area contributed by atoms with E-state index >= 15 is 0 Å². The number of aryl methyl sites for hydroxylation is 2. The number of aldehydes is 1. The van der Waals surface area contributed by atoms with E-state index in [0.29, 0.717) is 22.4 Å². The van der Waals surface area contributed by atoms with E-state index < -0.39 is 0 Å². The van der Waals surface area contributed by atoms with Gasteiger partial charge < -0.3 is 15.2 Å². The molecular formula is C31H47N3O2. The monoisotopic (exact) mass is 493 g/mol. The number of hydrogen-bond acceptors (Lipinski definition) is 5. The fraction of sp³-hybridized carbons (Fsp3) is 0.484. The SMILES string of the molecule is CC.CCC1(C)CCc2ccccc21.CCCN(C)CCN.Cc1onc(-c2ccccc2)c1C=O. The van der Waals surface area contributed by atoms with Gasteiger partial charge in [-0.15, -0.1) is 0 Å². The second-order valence-corrected chi connectivity index (χ2v) is 9.15. The number of nitrogens with two attached hydrogens (primary N) is 1. The van der Waals surface area contributed by atoms with E-state index in [-0.39, 0.29) is 0 Å². The number of carbonyl (C=O) groups excluding carboxylic acids is 1. The van der Waals surface area contributed by atoms with E-state index in [4.69, 9.17) is 10.3 Å². The molecule has 0 aliphatic heterocycles. The molecule has 0 amide bonds. The van der Waals surface area contributed by atoms with Gasteiger partial charge in [0.2, 0.25) is 0 Å². The first kappa shape index (κ1) is 31.3. The molecule has 0 saturated carbocycles. The van der Waals surface area contributed by atoms with Crippen LogP contribution in [0.15, 0.2) is 59.1 Å². The molecule has 2 aromatic carbocycles. The molecule has 1 heterocycles. The second kappa shape index (κ2) is 16.8. The van der Waals surface area contributed by atoms with Crippen molar-refractivity contribution in [2.24, 2.45) is 5.73 Å². The van der Waals surface area contributed by atoms with Crippen molar-refractivity contribution in [1.82, 2.24) is 10.1 Å². The molecule has 1 aromatic heterocycles. The average molecular weight is 494 g/mol. The Hall–Kier alpha value is -2.76. The van der Waals surface area contributed by atoms with Crippen LogP contribution in [0, 0.1) is 6.92 Å². The number of benzene rings is 2. The lowest BCUT2D eigenvalue weighted by atomic mass is 9.82. The first-order chi connectivity index (χ1) is 17.4. The summed E-state index contributed by atoms with van der Waals surface area (Å²) in [6, 6.07) is 18.4. The maximum atomic E-state index is 10.8. The number of hydrogen-bond donors (Lipinski definition) is 1. The van der Waals surface area contributed by atoms with Crippen molar-refractivity contribution in [3.05, 3.63) is 77.0 Å². The Morgan fingerprint density at radius 2 is 1.69 bits per heavy atom. The van der Waals surface area contributed by atoms with Crippen LogP contribution in [0.2, 0.25) is 0 Å². The molecule has 0 radical (unpaired) electrons. The standard InChI is InChI=1S/C12H16.C11H9NO2.C6H16N2.C2H6/c1-3-12(2)9-8-10-6-4-5-7-11(10)12;1-8-10(7-13)11(12-14-8)9-5-3-2-4-6-9;1-3-5-8(2)6-4-7;1-2/h4-7H,3,8-9H2,1-2H3;2-7H,1H3;3-7H2,1-2H3;1-2H3. The number of aromatic nitrogens is 1. The predicted octanol–water partition coefficient (Wildman–Crippen LogP) is 7.08. The lowest BCUT2D eigenvalue weighted by Gasteiger charge is -2.23. The van der Waals surface area contributed by atoms with Crippen LogP contribution in [0.25, 0.3) is 11.3 Å². The number of fused-ring (bicyclic) bond motifs is 1. The number of rotatable bonds is 7. The third-order valence-electron chi connectivity index (χ3n) is 6.58. The van der Waals surface area contributed by atoms with Gasteiger partial charge in [0.25, 0.3) is 0 Å². The molecule has 4 rings (SSSR count). The van der Waals surface area contributed by atoms with Crippen molar-refractivity contribution in [3.63, 3.8) is 0 Å². The minimum atomic E-state index is 0.469. The Morgan fingerprint density at radius 1 is 1.06 bits per heavy atom. The maximum Gasteiger partial charge on any atom is 0.155 e. The molecule has 3 aromatic rings. The minimum Gasteiger partial charge on any atom is -0.360 e. The highest BCUT2D eigenvalue weighted by atomic mass is 16.5. The number of carbonyl (C=O) groups is 1. The molecular weight excluding hydrogens is 446 g/mol. The molecule has 36 heavy (non-hydrogen) atoms. The molecule has 1 aliphatic carbocycles. The zero-order valence-electron chi connectivity index (χ0n) is 23.5. The summed E-state index contributed by atoms with van der Waals surface area (Å²) in [4.78, 5) is 13.0. The molecule has 5 heteroatoms. The lowest BCUT2D eigenvalue weighted by Crippen LogP contribution is -2.25. The summed E-state index contributed by atoms with van der Waals surface area (Å²) in [5.41, 5.74) is 11.0. The van der Waals surface area contributed by atoms with Crippen molar-refractivity contribution in [2.45, 2.75) is 72.6 Å². The zero-order valence-corrected chi connectivity index (χ0v) is 23.5. The van der Waals surface area contributed by atoms with Gasteiger partial charge in [0.15, 0.2) is 6.29 Å². The lowest BCUT2D eigenvalue weighted by molar-refractivity contribution is 0.112. The summed E-state index contributed by atoms with van der Waals surface area (Å²) >= 11 is 0. The molecule has 0 bridgehead atoms. The summed E-state index contributed by atoms with van der Waals surface area (Å²) in [6.45, 7) is 15.5. The molecule has 0 spiro atoms. The third-order valence-corrected chi connectivity index (χ3v) is 6.58. The average Bonchev–Trinajstić information content (AvgIpc) is 3.47. The van der Waals surface area contributed by atoms with Gasteiger partial charge in [-0.05, 0) is 62.7 Å². The fourth-order valence-electron chi connectivity index (χ4n) is 4.28. The highest BCUT2D eigenvalue weighted by Gasteiger charge is 2.31. The minimum absolute atomic E-state index is 0.469. The summed E-state index contributed by atoms with van der Waals surface area (Å²) in [5, 5.41) is 3.85. The number of likely N-dealkylation sites (N-methyl/N-ethyl adjacent to an activating group) is 1. The predicted molar refractivity (Wildman–Crippen MR) is 153 cm³/mol. The Morgan fingerprint density at radius 3 is 2.28 bits per heavy atom. The first-order valence-corrected chi connectivity index (χ1v) is 13.3. The van der Waals surface area contributed by atoms with Gasteiger partial charge in [-0.2, -0.15) is 0 Å². The third kappa shape index (κ3) is 9.03. The van der Waals surface area contributed by atoms with Crippen molar-refractivity contribution in [2.75, 3.05) is 26.7 Å². The van der Waals surface area contributed by atoms with Crippen molar-refractivity contribution in [1.29, 1.82) is 0 Å². The maximum absolute atomic E-state index is 10.8. The van der Waals surface area contributed by atoms with E-state index in [1.807, 2.05) is 44.2 Å². The normalized spacial score (nSPS) is 15.5. The Balaban J connectivity index is 0.000000271. The van der Waals surface area contributed by atoms with Crippen LogP contribution in [-0.4, -0.2) is 43.0 Å². The quantitative estimate of drug-likeness (QED) is 0.356. The van der Waals surface area contributed by atoms with Gasteiger partial charge in [-0.25, -0.2) is 0 Å². The Labute approximate surface area is 219 Å². The second-order valence-electron chi connectivity index (χ2n) is 9.15. The summed E-state index contributed by atoms with van der Waals surface area (Å²) in [6.07, 6.45) is 5.87. The summed E-state index contributed by atoms with van der Waals surface area (Å²) < 4.78 is 4.96. The Kier molecular flexibility index (Phi) is 14.6. The highest BCUT2D eigenvalue weighted by molar-refractivity contribution is 5.86. The van der Waals surface area contributed by atoms with E-state index in [1.165, 1.54) is 25.7 Å². The largest absolute Gasteiger partial charge is 0.360 e. The van der Waals surface area contributed by atoms with Gasteiger partial charge in [0.05, 0.1) is 5.56 Å². The summed E-state index contributed by atoms with van der Waals surface area (Å²) in [5.74, 6) is 0.554. The highest BCUT2D eigenvalue weighted by Crippen LogP contribution is 2.40. The molecule has 0 saturated heterocycles. The van der Waals surface area contributed by atoms with E-state index in [2.05, 4.69) is 62.1 Å². The van der Waals surface area contributed by atoms with E-state index in [0.717, 1.165) is 31.5 Å². The van der Waals surface area contributed by atoms with Crippen LogP contribution in [0.1, 0.15) is 81.1 Å². The van der Waals surface area contributed by atoms with Crippen molar-refractivity contribution < 1.29 is 9.32 Å². The van der Waals surface area contributed by atoms with Gasteiger partial charge in [0, 0.05) is 18.7 Å². The van der Waals surface area contributed by atoms with Gasteiger partial charge in [0.1, 0.15) is 11.5 Å². The topological polar surface area (TPSA) is 72.4 Å². The fourth-order valence-corrected chi connectivity index (χ4v) is 4.28. The molecule has 0 fully saturated rings. The van der Waals surface area contributed by atoms with Crippen LogP contribution in [0.4, 0.5) is 0 Å². The van der Waals surface area contributed by atoms with Crippen LogP contribution >= 0.6 is 0 Å². The molecule has 1 unspecified atom stereocenters. The van der Waals surface area contributed by atoms with Crippen molar-refractivity contribution in [3.8, 4) is 11.3 Å². The zero-order chi connectivity index (χ0) is 27.0. The Bertz CT molecular complexity index is 994. The first-order valence-electron chi connectivity index (χ1n) is 13.3. The molecule has 2 N–H and O–H groups in total. The van der Waals surface area contributed by atoms with Crippen molar-refractivity contribution >= 4 is 6.29 Å². The molecule has 1 atom stereocenters. The molecule has 198 valence electrons. The van der Waals surface area contributed by atoms with Gasteiger partial charge in [-0.1, -0.05) is 94.4 Å². The van der Waals surface area contributed by atoms with E-state index in [1.54, 1.807) is 18.1 Å². The molecule has 1 aliphatic rings. The van der Waals surface area contributed by atoms with E-state index in [9.17, 15) is 4.79 Å². The molecule has 5 nitrogen and oxygen atoms in total. The smallest absolute Gasteiger partial charge is 0.155 e.